The van der Waals surface area contributed by atoms with Crippen molar-refractivity contribution >= 4 is 23.4 Å². The van der Waals surface area contributed by atoms with Gasteiger partial charge in [0.1, 0.15) is 5.56 Å². The van der Waals surface area contributed by atoms with E-state index in [1.807, 2.05) is 19.1 Å². The Morgan fingerprint density at radius 3 is 2.32 bits per heavy atom. The molecule has 0 aliphatic carbocycles. The van der Waals surface area contributed by atoms with E-state index >= 15 is 0 Å². The highest BCUT2D eigenvalue weighted by Crippen LogP contribution is 2.37. The van der Waals surface area contributed by atoms with Gasteiger partial charge in [0.15, 0.2) is 5.60 Å². The number of anilines is 1. The molecule has 0 spiro atoms. The number of benzene rings is 2. The number of aryl methyl sites for hydroxylation is 1. The standard InChI is InChI=1S/C19H17F3N2O4/c1-12-3-5-13(6-4-12)9-10-18(2,26)17(25)23-14-7-8-16(24(27)28)15(11-14)19(20,21)22/h3-11,26H,1-2H3,(H,23,25)/b10-9+/t18-/m0/s1. The summed E-state index contributed by atoms with van der Waals surface area (Å²) in [5.74, 6) is -0.988. The van der Waals surface area contributed by atoms with E-state index in [1.54, 1.807) is 12.1 Å². The third-order valence-electron chi connectivity index (χ3n) is 3.89. The molecule has 148 valence electrons. The molecule has 0 heterocycles. The number of nitro benzene ring substituents is 1. The van der Waals surface area contributed by atoms with E-state index in [1.165, 1.54) is 19.1 Å². The Labute approximate surface area is 158 Å². The fraction of sp³-hybridized carbons (Fsp3) is 0.211. The second kappa shape index (κ2) is 7.81. The first-order chi connectivity index (χ1) is 12.9. The van der Waals surface area contributed by atoms with E-state index in [2.05, 4.69) is 5.32 Å². The van der Waals surface area contributed by atoms with E-state index in [9.17, 15) is 33.2 Å². The van der Waals surface area contributed by atoms with Crippen LogP contribution in [0.15, 0.2) is 48.5 Å². The van der Waals surface area contributed by atoms with Gasteiger partial charge in [0.2, 0.25) is 0 Å². The first kappa shape index (κ1) is 21.1. The topological polar surface area (TPSA) is 92.5 Å². The van der Waals surface area contributed by atoms with Crippen LogP contribution in [0.3, 0.4) is 0 Å². The van der Waals surface area contributed by atoms with Crippen LogP contribution in [0.1, 0.15) is 23.6 Å². The lowest BCUT2D eigenvalue weighted by atomic mass is 10.0. The SMILES string of the molecule is Cc1ccc(/C=C/[C@](C)(O)C(=O)Nc2ccc([N+](=O)[O-])c(C(F)(F)F)c2)cc1. The monoisotopic (exact) mass is 394 g/mol. The number of alkyl halides is 3. The maximum Gasteiger partial charge on any atom is 0.423 e. The zero-order chi connectivity index (χ0) is 21.1. The third-order valence-corrected chi connectivity index (χ3v) is 3.89. The molecular weight excluding hydrogens is 377 g/mol. The molecular formula is C19H17F3N2O4. The Hall–Kier alpha value is -3.20. The number of aliphatic hydroxyl groups is 1. The number of nitro groups is 1. The summed E-state index contributed by atoms with van der Waals surface area (Å²) in [4.78, 5) is 21.9. The van der Waals surface area contributed by atoms with Crippen LogP contribution < -0.4 is 5.32 Å². The van der Waals surface area contributed by atoms with Crippen LogP contribution in [0, 0.1) is 17.0 Å². The van der Waals surface area contributed by atoms with Crippen molar-refractivity contribution in [3.63, 3.8) is 0 Å². The van der Waals surface area contributed by atoms with E-state index in [0.29, 0.717) is 17.7 Å². The Bertz CT molecular complexity index is 920. The Morgan fingerprint density at radius 1 is 1.18 bits per heavy atom. The zero-order valence-corrected chi connectivity index (χ0v) is 14.9. The highest BCUT2D eigenvalue weighted by atomic mass is 19.4. The zero-order valence-electron chi connectivity index (χ0n) is 14.9. The normalized spacial score (nSPS) is 13.9. The van der Waals surface area contributed by atoms with Gasteiger partial charge in [-0.15, -0.1) is 0 Å². The molecule has 0 saturated heterocycles. The maximum atomic E-state index is 13.0. The lowest BCUT2D eigenvalue weighted by Gasteiger charge is -2.19. The van der Waals surface area contributed by atoms with Crippen LogP contribution in [0.5, 0.6) is 0 Å². The molecule has 0 aromatic heterocycles. The van der Waals surface area contributed by atoms with Crippen molar-refractivity contribution in [1.82, 2.24) is 0 Å². The predicted molar refractivity (Wildman–Crippen MR) is 97.6 cm³/mol. The van der Waals surface area contributed by atoms with Crippen molar-refractivity contribution in [1.29, 1.82) is 0 Å². The van der Waals surface area contributed by atoms with E-state index in [-0.39, 0.29) is 5.69 Å². The van der Waals surface area contributed by atoms with Crippen LogP contribution in [-0.4, -0.2) is 21.5 Å². The van der Waals surface area contributed by atoms with Crippen molar-refractivity contribution < 1.29 is 28.0 Å². The predicted octanol–water partition coefficient (Wildman–Crippen LogP) is 4.32. The van der Waals surface area contributed by atoms with Crippen molar-refractivity contribution in [3.05, 3.63) is 75.3 Å². The molecule has 28 heavy (non-hydrogen) atoms. The number of nitrogens with zero attached hydrogens (tertiary/aromatic N) is 1. The molecule has 6 nitrogen and oxygen atoms in total. The number of hydrogen-bond donors (Lipinski definition) is 2. The summed E-state index contributed by atoms with van der Waals surface area (Å²) < 4.78 is 39.1. The summed E-state index contributed by atoms with van der Waals surface area (Å²) in [5.41, 5.74) is -3.23. The second-order valence-electron chi connectivity index (χ2n) is 6.33. The molecule has 9 heteroatoms. The maximum absolute atomic E-state index is 13.0. The van der Waals surface area contributed by atoms with E-state index in [0.717, 1.165) is 11.6 Å². The van der Waals surface area contributed by atoms with Crippen LogP contribution in [0.4, 0.5) is 24.5 Å². The quantitative estimate of drug-likeness (QED) is 0.583. The smallest absolute Gasteiger partial charge is 0.376 e. The molecule has 1 atom stereocenters. The van der Waals surface area contributed by atoms with Gasteiger partial charge in [-0.05, 0) is 37.6 Å². The Kier molecular flexibility index (Phi) is 5.89. The summed E-state index contributed by atoms with van der Waals surface area (Å²) >= 11 is 0. The van der Waals surface area contributed by atoms with Gasteiger partial charge >= 0.3 is 6.18 Å². The first-order valence-electron chi connectivity index (χ1n) is 8.05. The first-order valence-corrected chi connectivity index (χ1v) is 8.05. The van der Waals surface area contributed by atoms with E-state index in [4.69, 9.17) is 0 Å². The molecule has 0 fully saturated rings. The van der Waals surface area contributed by atoms with Gasteiger partial charge in [-0.2, -0.15) is 13.2 Å². The fourth-order valence-corrected chi connectivity index (χ4v) is 2.27. The minimum atomic E-state index is -4.98. The lowest BCUT2D eigenvalue weighted by molar-refractivity contribution is -0.388. The average Bonchev–Trinajstić information content (AvgIpc) is 2.60. The molecule has 0 unspecified atom stereocenters. The second-order valence-corrected chi connectivity index (χ2v) is 6.33. The Morgan fingerprint density at radius 2 is 1.79 bits per heavy atom. The number of nitrogens with one attached hydrogen (secondary N) is 1. The number of rotatable bonds is 5. The molecule has 0 aliphatic rings. The highest BCUT2D eigenvalue weighted by Gasteiger charge is 2.39. The van der Waals surface area contributed by atoms with Crippen LogP contribution in [0.25, 0.3) is 6.08 Å². The van der Waals surface area contributed by atoms with Crippen LogP contribution >= 0.6 is 0 Å². The summed E-state index contributed by atoms with van der Waals surface area (Å²) in [6, 6.07) is 9.28. The van der Waals surface area contributed by atoms with Crippen molar-refractivity contribution in [2.45, 2.75) is 25.6 Å². The number of hydrogen-bond acceptors (Lipinski definition) is 4. The Balaban J connectivity index is 2.23. The molecule has 0 aliphatic heterocycles. The van der Waals surface area contributed by atoms with Gasteiger partial charge < -0.3 is 10.4 Å². The molecule has 0 saturated carbocycles. The van der Waals surface area contributed by atoms with Crippen molar-refractivity contribution in [2.75, 3.05) is 5.32 Å². The highest BCUT2D eigenvalue weighted by molar-refractivity contribution is 5.99. The van der Waals surface area contributed by atoms with Gasteiger partial charge in [-0.1, -0.05) is 35.9 Å². The minimum Gasteiger partial charge on any atom is -0.376 e. The molecule has 2 aromatic carbocycles. The lowest BCUT2D eigenvalue weighted by Crippen LogP contribution is -2.38. The third kappa shape index (κ3) is 5.17. The number of halogens is 3. The van der Waals surface area contributed by atoms with Gasteiger partial charge in [-0.3, -0.25) is 14.9 Å². The average molecular weight is 394 g/mol. The molecule has 1 amide bonds. The van der Waals surface area contributed by atoms with E-state index < -0.39 is 33.9 Å². The summed E-state index contributed by atoms with van der Waals surface area (Å²) in [6.07, 6.45) is -2.28. The minimum absolute atomic E-state index is 0.327. The molecule has 0 radical (unpaired) electrons. The van der Waals surface area contributed by atoms with Crippen LogP contribution in [0.2, 0.25) is 0 Å². The van der Waals surface area contributed by atoms with Gasteiger partial charge in [0.25, 0.3) is 11.6 Å². The largest absolute Gasteiger partial charge is 0.423 e. The van der Waals surface area contributed by atoms with Gasteiger partial charge in [0, 0.05) is 11.8 Å². The molecule has 0 bridgehead atoms. The van der Waals surface area contributed by atoms with Gasteiger partial charge in [0.05, 0.1) is 4.92 Å². The van der Waals surface area contributed by atoms with Gasteiger partial charge in [-0.25, -0.2) is 0 Å². The summed E-state index contributed by atoms with van der Waals surface area (Å²) in [5, 5.41) is 23.2. The fourth-order valence-electron chi connectivity index (χ4n) is 2.27. The number of amides is 1. The van der Waals surface area contributed by atoms with Crippen molar-refractivity contribution in [3.8, 4) is 0 Å². The number of carbonyl (C=O) groups is 1. The number of carbonyl (C=O) groups excluding carboxylic acids is 1. The molecule has 2 aromatic rings. The van der Waals surface area contributed by atoms with Crippen molar-refractivity contribution in [2.24, 2.45) is 0 Å². The molecule has 2 N–H and O–H groups in total. The summed E-state index contributed by atoms with van der Waals surface area (Å²) in [7, 11) is 0. The van der Waals surface area contributed by atoms with Crippen LogP contribution in [-0.2, 0) is 11.0 Å². The summed E-state index contributed by atoms with van der Waals surface area (Å²) in [6.45, 7) is 3.07. The molecule has 2 rings (SSSR count).